The second-order valence-electron chi connectivity index (χ2n) is 5.85. The van der Waals surface area contributed by atoms with Gasteiger partial charge in [0.2, 0.25) is 10.0 Å². The summed E-state index contributed by atoms with van der Waals surface area (Å²) in [4.78, 5) is 12.1. The summed E-state index contributed by atoms with van der Waals surface area (Å²) in [5.41, 5.74) is 0. The second kappa shape index (κ2) is 9.95. The summed E-state index contributed by atoms with van der Waals surface area (Å²) in [6, 6.07) is 12.1. The molecule has 0 aliphatic rings. The summed E-state index contributed by atoms with van der Waals surface area (Å²) in [6.07, 6.45) is -0.771. The minimum absolute atomic E-state index is 0.0349. The number of phenols is 1. The summed E-state index contributed by atoms with van der Waals surface area (Å²) in [7, 11) is -3.67. The smallest absolute Gasteiger partial charge is 0.260 e. The van der Waals surface area contributed by atoms with Crippen LogP contribution >= 0.6 is 0 Å². The Hall–Kier alpha value is -2.78. The number of sulfonamides is 1. The highest BCUT2D eigenvalue weighted by atomic mass is 32.2. The molecule has 0 radical (unpaired) electrons. The van der Waals surface area contributed by atoms with Gasteiger partial charge in [-0.05, 0) is 62.4 Å². The van der Waals surface area contributed by atoms with Crippen LogP contribution in [0.5, 0.6) is 17.2 Å². The van der Waals surface area contributed by atoms with Crippen molar-refractivity contribution in [3.8, 4) is 17.2 Å². The lowest BCUT2D eigenvalue weighted by molar-refractivity contribution is -0.127. The molecule has 9 heteroatoms. The maximum absolute atomic E-state index is 12.2. The Bertz CT molecular complexity index is 866. The van der Waals surface area contributed by atoms with Gasteiger partial charge >= 0.3 is 0 Å². The Labute approximate surface area is 164 Å². The zero-order chi connectivity index (χ0) is 20.6. The molecule has 152 valence electrons. The Morgan fingerprint density at radius 2 is 1.64 bits per heavy atom. The fourth-order valence-electron chi connectivity index (χ4n) is 2.26. The highest BCUT2D eigenvalue weighted by Crippen LogP contribution is 2.17. The quantitative estimate of drug-likeness (QED) is 0.515. The van der Waals surface area contributed by atoms with Crippen molar-refractivity contribution < 1.29 is 27.8 Å². The van der Waals surface area contributed by atoms with E-state index in [2.05, 4.69) is 10.0 Å². The van der Waals surface area contributed by atoms with Crippen LogP contribution in [0.15, 0.2) is 53.4 Å². The molecule has 1 atom stereocenters. The highest BCUT2D eigenvalue weighted by molar-refractivity contribution is 7.89. The van der Waals surface area contributed by atoms with E-state index in [1.807, 2.05) is 6.92 Å². The fourth-order valence-corrected chi connectivity index (χ4v) is 3.29. The lowest BCUT2D eigenvalue weighted by Gasteiger charge is -2.15. The monoisotopic (exact) mass is 408 g/mol. The van der Waals surface area contributed by atoms with Crippen LogP contribution in [0.3, 0.4) is 0 Å². The minimum Gasteiger partial charge on any atom is -0.508 e. The third-order valence-corrected chi connectivity index (χ3v) is 5.16. The molecule has 0 fully saturated rings. The molecule has 0 aliphatic heterocycles. The summed E-state index contributed by atoms with van der Waals surface area (Å²) < 4.78 is 37.6. The predicted molar refractivity (Wildman–Crippen MR) is 104 cm³/mol. The van der Waals surface area contributed by atoms with Crippen molar-refractivity contribution in [3.63, 3.8) is 0 Å². The van der Waals surface area contributed by atoms with E-state index in [0.29, 0.717) is 18.1 Å². The lowest BCUT2D eigenvalue weighted by atomic mass is 10.3. The van der Waals surface area contributed by atoms with Gasteiger partial charge in [0.25, 0.3) is 5.91 Å². The standard InChI is InChI=1S/C19H24N2O6S/c1-3-26-16-8-10-18(11-9-16)28(24,25)21-13-12-20-19(23)14(2)27-17-6-4-15(22)5-7-17/h4-11,14,21-22H,3,12-13H2,1-2H3,(H,20,23). The molecular weight excluding hydrogens is 384 g/mol. The summed E-state index contributed by atoms with van der Waals surface area (Å²) >= 11 is 0. The first kappa shape index (κ1) is 21.5. The number of benzene rings is 2. The third-order valence-electron chi connectivity index (χ3n) is 3.68. The zero-order valence-electron chi connectivity index (χ0n) is 15.7. The molecule has 2 aromatic carbocycles. The number of amides is 1. The van der Waals surface area contributed by atoms with E-state index >= 15 is 0 Å². The number of hydrogen-bond acceptors (Lipinski definition) is 6. The average molecular weight is 408 g/mol. The number of nitrogens with one attached hydrogen (secondary N) is 2. The molecule has 0 aliphatic carbocycles. The number of carbonyl (C=O) groups is 1. The highest BCUT2D eigenvalue weighted by Gasteiger charge is 2.16. The van der Waals surface area contributed by atoms with Crippen molar-refractivity contribution >= 4 is 15.9 Å². The van der Waals surface area contributed by atoms with Crippen molar-refractivity contribution in [1.29, 1.82) is 0 Å². The maximum Gasteiger partial charge on any atom is 0.260 e. The van der Waals surface area contributed by atoms with Crippen molar-refractivity contribution in [1.82, 2.24) is 10.0 Å². The van der Waals surface area contributed by atoms with E-state index < -0.39 is 16.1 Å². The Morgan fingerprint density at radius 3 is 2.25 bits per heavy atom. The molecule has 0 aromatic heterocycles. The fraction of sp³-hybridized carbons (Fsp3) is 0.316. The molecule has 3 N–H and O–H groups in total. The van der Waals surface area contributed by atoms with Gasteiger partial charge < -0.3 is 19.9 Å². The Balaban J connectivity index is 1.77. The first-order valence-electron chi connectivity index (χ1n) is 8.77. The van der Waals surface area contributed by atoms with Crippen LogP contribution in [0.25, 0.3) is 0 Å². The van der Waals surface area contributed by atoms with E-state index in [4.69, 9.17) is 9.47 Å². The van der Waals surface area contributed by atoms with E-state index in [1.54, 1.807) is 31.2 Å². The molecule has 28 heavy (non-hydrogen) atoms. The summed E-state index contributed by atoms with van der Waals surface area (Å²) in [5, 5.41) is 11.8. The zero-order valence-corrected chi connectivity index (χ0v) is 16.5. The third kappa shape index (κ3) is 6.43. The van der Waals surface area contributed by atoms with Crippen LogP contribution in [0, 0.1) is 0 Å². The van der Waals surface area contributed by atoms with E-state index in [0.717, 1.165) is 0 Å². The normalized spacial score (nSPS) is 12.2. The van der Waals surface area contributed by atoms with Crippen LogP contribution in [0.2, 0.25) is 0 Å². The first-order valence-corrected chi connectivity index (χ1v) is 10.3. The van der Waals surface area contributed by atoms with E-state index in [9.17, 15) is 18.3 Å². The second-order valence-corrected chi connectivity index (χ2v) is 7.61. The van der Waals surface area contributed by atoms with Gasteiger partial charge in [-0.25, -0.2) is 13.1 Å². The number of phenolic OH excluding ortho intramolecular Hbond substituents is 1. The lowest BCUT2D eigenvalue weighted by Crippen LogP contribution is -2.40. The van der Waals surface area contributed by atoms with Crippen molar-refractivity contribution in [3.05, 3.63) is 48.5 Å². The van der Waals surface area contributed by atoms with Crippen molar-refractivity contribution in [2.75, 3.05) is 19.7 Å². The minimum atomic E-state index is -3.67. The SMILES string of the molecule is CCOc1ccc(S(=O)(=O)NCCNC(=O)C(C)Oc2ccc(O)cc2)cc1. The molecule has 8 nitrogen and oxygen atoms in total. The van der Waals surface area contributed by atoms with Crippen molar-refractivity contribution in [2.24, 2.45) is 0 Å². The molecule has 2 rings (SSSR count). The largest absolute Gasteiger partial charge is 0.508 e. The van der Waals surface area contributed by atoms with Crippen LogP contribution < -0.4 is 19.5 Å². The Morgan fingerprint density at radius 1 is 1.04 bits per heavy atom. The number of hydrogen-bond donors (Lipinski definition) is 3. The van der Waals surface area contributed by atoms with Gasteiger partial charge in [0.05, 0.1) is 11.5 Å². The van der Waals surface area contributed by atoms with Gasteiger partial charge in [-0.15, -0.1) is 0 Å². The Kier molecular flexibility index (Phi) is 7.65. The predicted octanol–water partition coefficient (Wildman–Crippen LogP) is 1.65. The van der Waals surface area contributed by atoms with Gasteiger partial charge in [-0.2, -0.15) is 0 Å². The van der Waals surface area contributed by atoms with Crippen LogP contribution in [0.1, 0.15) is 13.8 Å². The van der Waals surface area contributed by atoms with Gasteiger partial charge in [0.1, 0.15) is 17.2 Å². The molecule has 2 aromatic rings. The number of ether oxygens (including phenoxy) is 2. The number of aromatic hydroxyl groups is 1. The molecular formula is C19H24N2O6S. The summed E-state index contributed by atoms with van der Waals surface area (Å²) in [5.74, 6) is 0.755. The topological polar surface area (TPSA) is 114 Å². The number of carbonyl (C=O) groups excluding carboxylic acids is 1. The average Bonchev–Trinajstić information content (AvgIpc) is 2.67. The van der Waals surface area contributed by atoms with Gasteiger partial charge in [-0.1, -0.05) is 0 Å². The molecule has 1 unspecified atom stereocenters. The molecule has 0 heterocycles. The molecule has 1 amide bonds. The molecule has 0 saturated heterocycles. The van der Waals surface area contributed by atoms with Crippen LogP contribution in [-0.4, -0.2) is 45.2 Å². The maximum atomic E-state index is 12.2. The first-order chi connectivity index (χ1) is 13.3. The molecule has 0 bridgehead atoms. The van der Waals surface area contributed by atoms with Crippen molar-refractivity contribution in [2.45, 2.75) is 24.8 Å². The summed E-state index contributed by atoms with van der Waals surface area (Å²) in [6.45, 7) is 4.06. The van der Waals surface area contributed by atoms with Gasteiger partial charge in [0, 0.05) is 13.1 Å². The van der Waals surface area contributed by atoms with E-state index in [1.165, 1.54) is 24.3 Å². The van der Waals surface area contributed by atoms with Crippen LogP contribution in [0.4, 0.5) is 0 Å². The van der Waals surface area contributed by atoms with Gasteiger partial charge in [0.15, 0.2) is 6.10 Å². The molecule has 0 spiro atoms. The van der Waals surface area contributed by atoms with E-state index in [-0.39, 0.29) is 29.6 Å². The number of rotatable bonds is 10. The molecule has 0 saturated carbocycles. The van der Waals surface area contributed by atoms with Crippen LogP contribution in [-0.2, 0) is 14.8 Å². The van der Waals surface area contributed by atoms with Gasteiger partial charge in [-0.3, -0.25) is 4.79 Å².